The maximum atomic E-state index is 10.7. The fourth-order valence-electron chi connectivity index (χ4n) is 0.712. The number of rotatable bonds is 4. The van der Waals surface area contributed by atoms with Gasteiger partial charge in [0.1, 0.15) is 5.78 Å². The molecule has 1 unspecified atom stereocenters. The summed E-state index contributed by atoms with van der Waals surface area (Å²) in [4.78, 5) is 10.7. The molecule has 0 amide bonds. The van der Waals surface area contributed by atoms with Crippen LogP contribution in [0.25, 0.3) is 0 Å². The van der Waals surface area contributed by atoms with Crippen molar-refractivity contribution in [2.24, 2.45) is 0 Å². The van der Waals surface area contributed by atoms with Crippen molar-refractivity contribution in [3.05, 3.63) is 0 Å². The first-order valence-corrected chi connectivity index (χ1v) is 6.23. The molecule has 0 aromatic rings. The highest BCUT2D eigenvalue weighted by molar-refractivity contribution is 7.88. The van der Waals surface area contributed by atoms with Crippen molar-refractivity contribution >= 4 is 15.8 Å². The maximum Gasteiger partial charge on any atom is 0.209 e. The van der Waals surface area contributed by atoms with Gasteiger partial charge in [-0.15, -0.1) is 0 Å². The average Bonchev–Trinajstić information content (AvgIpc) is 2.02. The van der Waals surface area contributed by atoms with Crippen LogP contribution in [0.4, 0.5) is 0 Å². The van der Waals surface area contributed by atoms with Crippen LogP contribution in [0.1, 0.15) is 34.1 Å². The Labute approximate surface area is 80.8 Å². The van der Waals surface area contributed by atoms with Gasteiger partial charge in [-0.25, -0.2) is 13.1 Å². The van der Waals surface area contributed by atoms with Crippen LogP contribution in [0.15, 0.2) is 0 Å². The van der Waals surface area contributed by atoms with Crippen LogP contribution in [0.3, 0.4) is 0 Å². The lowest BCUT2D eigenvalue weighted by atomic mass is 10.2. The Hall–Kier alpha value is -0.420. The average molecular weight is 209 g/mol. The molecule has 0 aliphatic heterocycles. The topological polar surface area (TPSA) is 63.2 Å². The van der Waals surface area contributed by atoms with Gasteiger partial charge in [0, 0.05) is 0 Å². The van der Waals surface area contributed by atoms with Gasteiger partial charge in [-0.05, 0) is 13.3 Å². The molecular weight excluding hydrogens is 190 g/mol. The van der Waals surface area contributed by atoms with Crippen LogP contribution in [-0.2, 0) is 14.8 Å². The molecule has 0 saturated heterocycles. The van der Waals surface area contributed by atoms with E-state index in [2.05, 4.69) is 4.72 Å². The molecule has 0 aliphatic carbocycles. The van der Waals surface area contributed by atoms with Crippen LogP contribution in [0.5, 0.6) is 0 Å². The minimum absolute atomic E-state index is 0.155. The van der Waals surface area contributed by atoms with E-state index in [0.717, 1.165) is 6.26 Å². The predicted octanol–water partition coefficient (Wildman–Crippen LogP) is 0.929. The summed E-state index contributed by atoms with van der Waals surface area (Å²) in [5.74, 6) is -0.155. The fraction of sp³-hybridized carbons (Fsp3) is 0.875. The third-order valence-electron chi connectivity index (χ3n) is 1.26. The van der Waals surface area contributed by atoms with Gasteiger partial charge in [-0.3, -0.25) is 4.79 Å². The Bertz CT molecular complexity index is 234. The summed E-state index contributed by atoms with van der Waals surface area (Å²) < 4.78 is 23.5. The Balaban J connectivity index is 0. The highest BCUT2D eigenvalue weighted by Crippen LogP contribution is 1.93. The van der Waals surface area contributed by atoms with E-state index >= 15 is 0 Å². The molecule has 0 aromatic heterocycles. The molecular formula is C8H19NO3S. The molecule has 5 heteroatoms. The molecule has 0 rings (SSSR count). The first kappa shape index (κ1) is 15.1. The Morgan fingerprint density at radius 1 is 1.38 bits per heavy atom. The van der Waals surface area contributed by atoms with Crippen molar-refractivity contribution in [2.75, 3.05) is 6.26 Å². The number of carbonyl (C=O) groups excluding carboxylic acids is 1. The number of hydrogen-bond donors (Lipinski definition) is 1. The molecule has 1 N–H and O–H groups in total. The lowest BCUT2D eigenvalue weighted by molar-refractivity contribution is -0.118. The summed E-state index contributed by atoms with van der Waals surface area (Å²) in [5.41, 5.74) is 0. The third-order valence-corrected chi connectivity index (χ3v) is 1.97. The van der Waals surface area contributed by atoms with E-state index in [-0.39, 0.29) is 5.78 Å². The number of carbonyl (C=O) groups is 1. The van der Waals surface area contributed by atoms with Crippen molar-refractivity contribution in [3.8, 4) is 0 Å². The smallest absolute Gasteiger partial charge is 0.209 e. The van der Waals surface area contributed by atoms with Crippen molar-refractivity contribution < 1.29 is 13.2 Å². The van der Waals surface area contributed by atoms with Crippen molar-refractivity contribution in [3.63, 3.8) is 0 Å². The Morgan fingerprint density at radius 3 is 1.85 bits per heavy atom. The number of hydrogen-bond acceptors (Lipinski definition) is 3. The summed E-state index contributed by atoms with van der Waals surface area (Å²) in [6.45, 7) is 7.12. The van der Waals surface area contributed by atoms with Crippen LogP contribution in [0, 0.1) is 0 Å². The normalized spacial score (nSPS) is 12.7. The van der Waals surface area contributed by atoms with Gasteiger partial charge >= 0.3 is 0 Å². The van der Waals surface area contributed by atoms with E-state index in [1.165, 1.54) is 6.92 Å². The monoisotopic (exact) mass is 209 g/mol. The van der Waals surface area contributed by atoms with E-state index in [1.54, 1.807) is 6.92 Å². The van der Waals surface area contributed by atoms with Crippen LogP contribution < -0.4 is 4.72 Å². The molecule has 0 radical (unpaired) electrons. The molecule has 0 aliphatic rings. The Kier molecular flexibility index (Phi) is 8.15. The van der Waals surface area contributed by atoms with Gasteiger partial charge < -0.3 is 0 Å². The van der Waals surface area contributed by atoms with Gasteiger partial charge in [0.05, 0.1) is 12.3 Å². The first-order valence-electron chi connectivity index (χ1n) is 4.34. The van der Waals surface area contributed by atoms with Crippen molar-refractivity contribution in [1.29, 1.82) is 0 Å². The Morgan fingerprint density at radius 2 is 1.77 bits per heavy atom. The first-order chi connectivity index (χ1) is 5.87. The maximum absolute atomic E-state index is 10.7. The summed E-state index contributed by atoms with van der Waals surface area (Å²) in [6.07, 6.45) is 1.53. The van der Waals surface area contributed by atoms with Crippen LogP contribution in [0.2, 0.25) is 0 Å². The molecule has 0 bridgehead atoms. The number of Topliss-reactive ketones (excluding diaryl/α,β-unsaturated/α-hetero) is 1. The lowest BCUT2D eigenvalue weighted by Gasteiger charge is -2.10. The van der Waals surface area contributed by atoms with E-state index in [1.807, 2.05) is 13.8 Å². The number of nitrogens with one attached hydrogen (secondary N) is 1. The summed E-state index contributed by atoms with van der Waals surface area (Å²) in [5, 5.41) is 0. The second kappa shape index (κ2) is 7.03. The minimum atomic E-state index is -3.25. The predicted molar refractivity (Wildman–Crippen MR) is 54.1 cm³/mol. The van der Waals surface area contributed by atoms with Crippen molar-refractivity contribution in [1.82, 2.24) is 4.72 Å². The van der Waals surface area contributed by atoms with Crippen LogP contribution >= 0.6 is 0 Å². The standard InChI is InChI=1S/C6H13NO3S.C2H6/c1-4-6(5(2)8)7-11(3,9)10;1-2/h6-7H,4H2,1-3H3;1-2H3. The molecule has 1 atom stereocenters. The van der Waals surface area contributed by atoms with Gasteiger partial charge in [0.2, 0.25) is 10.0 Å². The second-order valence-corrected chi connectivity index (χ2v) is 4.24. The summed E-state index contributed by atoms with van der Waals surface area (Å²) in [7, 11) is -3.25. The van der Waals surface area contributed by atoms with E-state index in [4.69, 9.17) is 0 Å². The summed E-state index contributed by atoms with van der Waals surface area (Å²) >= 11 is 0. The highest BCUT2D eigenvalue weighted by atomic mass is 32.2. The quantitative estimate of drug-likeness (QED) is 0.749. The molecule has 4 nitrogen and oxygen atoms in total. The molecule has 0 aromatic carbocycles. The van der Waals surface area contributed by atoms with E-state index < -0.39 is 16.1 Å². The molecule has 0 spiro atoms. The molecule has 0 heterocycles. The van der Waals surface area contributed by atoms with E-state index in [0.29, 0.717) is 6.42 Å². The minimum Gasteiger partial charge on any atom is -0.298 e. The number of sulfonamides is 1. The molecule has 13 heavy (non-hydrogen) atoms. The molecule has 0 fully saturated rings. The fourth-order valence-corrected chi connectivity index (χ4v) is 1.56. The largest absolute Gasteiger partial charge is 0.298 e. The zero-order chi connectivity index (χ0) is 11.1. The van der Waals surface area contributed by atoms with Gasteiger partial charge in [0.15, 0.2) is 0 Å². The lowest BCUT2D eigenvalue weighted by Crippen LogP contribution is -2.38. The van der Waals surface area contributed by atoms with Crippen molar-refractivity contribution in [2.45, 2.75) is 40.2 Å². The van der Waals surface area contributed by atoms with Gasteiger partial charge in [-0.1, -0.05) is 20.8 Å². The van der Waals surface area contributed by atoms with Gasteiger partial charge in [-0.2, -0.15) is 0 Å². The highest BCUT2D eigenvalue weighted by Gasteiger charge is 2.15. The molecule has 0 saturated carbocycles. The molecule has 80 valence electrons. The SMILES string of the molecule is CC.CCC(NS(C)(=O)=O)C(C)=O. The third kappa shape index (κ3) is 9.49. The zero-order valence-electron chi connectivity index (χ0n) is 8.92. The van der Waals surface area contributed by atoms with Crippen LogP contribution in [-0.4, -0.2) is 26.5 Å². The number of ketones is 1. The second-order valence-electron chi connectivity index (χ2n) is 2.46. The summed E-state index contributed by atoms with van der Waals surface area (Å²) in [6, 6.07) is -0.565. The zero-order valence-corrected chi connectivity index (χ0v) is 9.73. The van der Waals surface area contributed by atoms with E-state index in [9.17, 15) is 13.2 Å². The van der Waals surface area contributed by atoms with Gasteiger partial charge in [0.25, 0.3) is 0 Å².